The van der Waals surface area contributed by atoms with Gasteiger partial charge in [0.15, 0.2) is 0 Å². The van der Waals surface area contributed by atoms with Crippen molar-refractivity contribution in [2.75, 3.05) is 5.73 Å². The maximum Gasteiger partial charge on any atom is 0.123 e. The Morgan fingerprint density at radius 3 is 2.85 bits per heavy atom. The molecule has 0 aliphatic heterocycles. The molecule has 0 spiro atoms. The number of rotatable bonds is 1. The molecule has 0 fully saturated rings. The molecular weight excluding hydrogens is 164 g/mol. The number of nitrogens with two attached hydrogens (primary N) is 2. The van der Waals surface area contributed by atoms with Crippen LogP contribution in [0.4, 0.5) is 5.69 Å². The molecule has 0 radical (unpaired) electrons. The van der Waals surface area contributed by atoms with Crippen molar-refractivity contribution in [3.8, 4) is 0 Å². The number of aromatic nitrogens is 2. The zero-order chi connectivity index (χ0) is 9.42. The number of hydrogen-bond donors (Lipinski definition) is 2. The van der Waals surface area contributed by atoms with Gasteiger partial charge in [-0.15, -0.1) is 0 Å². The summed E-state index contributed by atoms with van der Waals surface area (Å²) in [5.74, 6) is 0.855. The van der Waals surface area contributed by atoms with Gasteiger partial charge in [0.2, 0.25) is 0 Å². The lowest BCUT2D eigenvalue weighted by Crippen LogP contribution is -2.04. The van der Waals surface area contributed by atoms with E-state index in [9.17, 15) is 0 Å². The Hall–Kier alpha value is -1.55. The fraction of sp³-hybridized carbons (Fsp3) is 0.222. The van der Waals surface area contributed by atoms with E-state index in [1.807, 2.05) is 29.8 Å². The quantitative estimate of drug-likeness (QED) is 0.625. The van der Waals surface area contributed by atoms with Gasteiger partial charge in [-0.2, -0.15) is 0 Å². The fourth-order valence-corrected chi connectivity index (χ4v) is 1.47. The minimum Gasteiger partial charge on any atom is -0.397 e. The van der Waals surface area contributed by atoms with Crippen molar-refractivity contribution in [3.63, 3.8) is 0 Å². The van der Waals surface area contributed by atoms with Crippen molar-refractivity contribution in [1.82, 2.24) is 9.55 Å². The topological polar surface area (TPSA) is 69.9 Å². The van der Waals surface area contributed by atoms with Crippen LogP contribution in [0.5, 0.6) is 0 Å². The van der Waals surface area contributed by atoms with Crippen LogP contribution in [-0.2, 0) is 13.6 Å². The monoisotopic (exact) mass is 176 g/mol. The Bertz CT molecular complexity index is 444. The molecule has 0 bridgehead atoms. The molecule has 0 aliphatic rings. The molecule has 13 heavy (non-hydrogen) atoms. The van der Waals surface area contributed by atoms with E-state index >= 15 is 0 Å². The first-order chi connectivity index (χ1) is 6.24. The van der Waals surface area contributed by atoms with E-state index in [2.05, 4.69) is 4.98 Å². The van der Waals surface area contributed by atoms with Crippen LogP contribution in [0.25, 0.3) is 11.0 Å². The molecule has 1 aromatic heterocycles. The minimum atomic E-state index is 0.435. The molecule has 1 aromatic carbocycles. The second-order valence-corrected chi connectivity index (χ2v) is 3.01. The zero-order valence-corrected chi connectivity index (χ0v) is 7.49. The maximum atomic E-state index is 5.78. The summed E-state index contributed by atoms with van der Waals surface area (Å²) in [4.78, 5) is 4.34. The van der Waals surface area contributed by atoms with E-state index < -0.39 is 0 Å². The number of fused-ring (bicyclic) bond motifs is 1. The summed E-state index contributed by atoms with van der Waals surface area (Å²) in [6, 6.07) is 5.74. The lowest BCUT2D eigenvalue weighted by molar-refractivity contribution is 0.813. The lowest BCUT2D eigenvalue weighted by atomic mass is 10.3. The first-order valence-corrected chi connectivity index (χ1v) is 4.14. The number of imidazole rings is 1. The largest absolute Gasteiger partial charge is 0.397 e. The van der Waals surface area contributed by atoms with Crippen LogP contribution in [0.3, 0.4) is 0 Å². The van der Waals surface area contributed by atoms with E-state index in [4.69, 9.17) is 11.5 Å². The summed E-state index contributed by atoms with van der Waals surface area (Å²) in [5.41, 5.74) is 13.9. The normalized spacial score (nSPS) is 10.9. The van der Waals surface area contributed by atoms with Gasteiger partial charge in [0, 0.05) is 7.05 Å². The lowest BCUT2D eigenvalue weighted by Gasteiger charge is -1.97. The summed E-state index contributed by atoms with van der Waals surface area (Å²) < 4.78 is 1.96. The van der Waals surface area contributed by atoms with Crippen molar-refractivity contribution >= 4 is 16.7 Å². The van der Waals surface area contributed by atoms with Gasteiger partial charge in [-0.1, -0.05) is 6.07 Å². The Morgan fingerprint density at radius 2 is 2.23 bits per heavy atom. The Balaban J connectivity index is 2.83. The number of anilines is 1. The third-order valence-electron chi connectivity index (χ3n) is 2.22. The summed E-state index contributed by atoms with van der Waals surface area (Å²) in [7, 11) is 1.94. The van der Waals surface area contributed by atoms with Crippen LogP contribution in [0.1, 0.15) is 5.82 Å². The van der Waals surface area contributed by atoms with Crippen LogP contribution in [0.15, 0.2) is 18.2 Å². The predicted octanol–water partition coefficient (Wildman–Crippen LogP) is 0.614. The molecule has 2 aromatic rings. The molecule has 4 heteroatoms. The molecule has 4 N–H and O–H groups in total. The summed E-state index contributed by atoms with van der Waals surface area (Å²) >= 11 is 0. The van der Waals surface area contributed by atoms with Crippen LogP contribution in [0, 0.1) is 0 Å². The van der Waals surface area contributed by atoms with Gasteiger partial charge in [-0.25, -0.2) is 4.98 Å². The second-order valence-electron chi connectivity index (χ2n) is 3.01. The molecular formula is C9H12N4. The highest BCUT2D eigenvalue weighted by Gasteiger charge is 2.07. The fourth-order valence-electron chi connectivity index (χ4n) is 1.47. The van der Waals surface area contributed by atoms with E-state index in [0.29, 0.717) is 12.2 Å². The third kappa shape index (κ3) is 1.07. The van der Waals surface area contributed by atoms with Gasteiger partial charge in [-0.3, -0.25) is 0 Å². The highest BCUT2D eigenvalue weighted by atomic mass is 15.1. The number of aryl methyl sites for hydroxylation is 1. The van der Waals surface area contributed by atoms with E-state index in [-0.39, 0.29) is 0 Å². The average molecular weight is 176 g/mol. The molecule has 4 nitrogen and oxygen atoms in total. The molecule has 0 unspecified atom stereocenters. The number of nitrogens with zero attached hydrogens (tertiary/aromatic N) is 2. The van der Waals surface area contributed by atoms with Crippen LogP contribution < -0.4 is 11.5 Å². The van der Waals surface area contributed by atoms with E-state index in [1.165, 1.54) is 0 Å². The van der Waals surface area contributed by atoms with Gasteiger partial charge in [0.1, 0.15) is 11.3 Å². The van der Waals surface area contributed by atoms with E-state index in [0.717, 1.165) is 16.9 Å². The van der Waals surface area contributed by atoms with Crippen LogP contribution >= 0.6 is 0 Å². The summed E-state index contributed by atoms with van der Waals surface area (Å²) in [6.45, 7) is 0.435. The van der Waals surface area contributed by atoms with Gasteiger partial charge in [0.25, 0.3) is 0 Å². The van der Waals surface area contributed by atoms with Gasteiger partial charge < -0.3 is 16.0 Å². The molecule has 0 amide bonds. The molecule has 2 rings (SSSR count). The molecule has 1 heterocycles. The number of hydrogen-bond acceptors (Lipinski definition) is 3. The highest BCUT2D eigenvalue weighted by molar-refractivity contribution is 5.87. The Labute approximate surface area is 76.2 Å². The van der Waals surface area contributed by atoms with Crippen molar-refractivity contribution in [1.29, 1.82) is 0 Å². The second kappa shape index (κ2) is 2.74. The van der Waals surface area contributed by atoms with Crippen molar-refractivity contribution in [2.24, 2.45) is 12.8 Å². The molecule has 0 atom stereocenters. The van der Waals surface area contributed by atoms with Crippen LogP contribution in [-0.4, -0.2) is 9.55 Å². The molecule has 0 saturated heterocycles. The van der Waals surface area contributed by atoms with E-state index in [1.54, 1.807) is 0 Å². The third-order valence-corrected chi connectivity index (χ3v) is 2.22. The predicted molar refractivity (Wildman–Crippen MR) is 53.0 cm³/mol. The first-order valence-electron chi connectivity index (χ1n) is 4.14. The summed E-state index contributed by atoms with van der Waals surface area (Å²) in [6.07, 6.45) is 0. The molecule has 68 valence electrons. The molecule has 0 aliphatic carbocycles. The highest BCUT2D eigenvalue weighted by Crippen LogP contribution is 2.20. The minimum absolute atomic E-state index is 0.435. The standard InChI is InChI=1S/C9H12N4/c1-13-7-4-2-3-6(11)9(7)12-8(13)5-10/h2-4H,5,10-11H2,1H3. The number of nitrogen functional groups attached to an aromatic ring is 1. The van der Waals surface area contributed by atoms with Gasteiger partial charge in [0.05, 0.1) is 17.7 Å². The van der Waals surface area contributed by atoms with Crippen molar-refractivity contribution in [2.45, 2.75) is 6.54 Å². The van der Waals surface area contributed by atoms with Gasteiger partial charge in [-0.05, 0) is 12.1 Å². The first kappa shape index (κ1) is 8.07. The smallest absolute Gasteiger partial charge is 0.123 e. The van der Waals surface area contributed by atoms with Crippen molar-refractivity contribution < 1.29 is 0 Å². The zero-order valence-electron chi connectivity index (χ0n) is 7.49. The molecule has 0 saturated carbocycles. The Morgan fingerprint density at radius 1 is 1.46 bits per heavy atom. The number of benzene rings is 1. The SMILES string of the molecule is Cn1c(CN)nc2c(N)cccc21. The maximum absolute atomic E-state index is 5.78. The average Bonchev–Trinajstić information content (AvgIpc) is 2.45. The Kier molecular flexibility index (Phi) is 1.70. The van der Waals surface area contributed by atoms with Crippen LogP contribution in [0.2, 0.25) is 0 Å². The van der Waals surface area contributed by atoms with Crippen molar-refractivity contribution in [3.05, 3.63) is 24.0 Å². The van der Waals surface area contributed by atoms with Gasteiger partial charge >= 0.3 is 0 Å². The summed E-state index contributed by atoms with van der Waals surface area (Å²) in [5, 5.41) is 0. The number of para-hydroxylation sites is 1.